The summed E-state index contributed by atoms with van der Waals surface area (Å²) in [5.41, 5.74) is 1.73. The molecule has 0 aliphatic carbocycles. The van der Waals surface area contributed by atoms with E-state index in [4.69, 9.17) is 16.3 Å². The molecule has 0 fully saturated rings. The average molecular weight is 334 g/mol. The van der Waals surface area contributed by atoms with Gasteiger partial charge in [0.1, 0.15) is 15.9 Å². The predicted molar refractivity (Wildman–Crippen MR) is 76.6 cm³/mol. The number of hydrogen-bond donors (Lipinski definition) is 0. The molecule has 0 aromatic carbocycles. The molecule has 0 amide bonds. The fourth-order valence-electron chi connectivity index (χ4n) is 1.33. The van der Waals surface area contributed by atoms with E-state index in [-0.39, 0.29) is 5.03 Å². The largest absolute Gasteiger partial charge is 0.462 e. The summed E-state index contributed by atoms with van der Waals surface area (Å²) in [7, 11) is 0. The van der Waals surface area contributed by atoms with Crippen molar-refractivity contribution in [2.45, 2.75) is 20.8 Å². The SMILES string of the molecule is C=C(Cl)c1c(C(=O)OCC)cnn1C(Br)=C(C)C. The second-order valence-electron chi connectivity index (χ2n) is 3.73. The Morgan fingerprint density at radius 3 is 2.67 bits per heavy atom. The smallest absolute Gasteiger partial charge is 0.342 e. The van der Waals surface area contributed by atoms with Crippen molar-refractivity contribution in [1.29, 1.82) is 0 Å². The Morgan fingerprint density at radius 1 is 1.61 bits per heavy atom. The molecule has 0 atom stereocenters. The van der Waals surface area contributed by atoms with Gasteiger partial charge in [-0.05, 0) is 42.3 Å². The third-order valence-electron chi connectivity index (χ3n) is 2.12. The molecule has 0 aliphatic rings. The number of hydrogen-bond acceptors (Lipinski definition) is 3. The lowest BCUT2D eigenvalue weighted by Crippen LogP contribution is -2.08. The van der Waals surface area contributed by atoms with Gasteiger partial charge >= 0.3 is 5.97 Å². The van der Waals surface area contributed by atoms with E-state index in [0.29, 0.717) is 17.9 Å². The van der Waals surface area contributed by atoms with Crippen molar-refractivity contribution in [1.82, 2.24) is 9.78 Å². The van der Waals surface area contributed by atoms with Gasteiger partial charge in [-0.1, -0.05) is 18.2 Å². The summed E-state index contributed by atoms with van der Waals surface area (Å²) in [6.45, 7) is 9.52. The van der Waals surface area contributed by atoms with E-state index in [9.17, 15) is 4.79 Å². The van der Waals surface area contributed by atoms with E-state index >= 15 is 0 Å². The molecule has 0 saturated heterocycles. The normalized spacial score (nSPS) is 10.1. The molecule has 18 heavy (non-hydrogen) atoms. The van der Waals surface area contributed by atoms with Crippen LogP contribution in [0.3, 0.4) is 0 Å². The first-order chi connectivity index (χ1) is 8.40. The number of ether oxygens (including phenoxy) is 1. The number of carbonyl (C=O) groups excluding carboxylic acids is 1. The summed E-state index contributed by atoms with van der Waals surface area (Å²) in [4.78, 5) is 11.8. The molecular formula is C12H14BrClN2O2. The van der Waals surface area contributed by atoms with Gasteiger partial charge in [-0.25, -0.2) is 9.48 Å². The Bertz CT molecular complexity index is 516. The van der Waals surface area contributed by atoms with Gasteiger partial charge in [0, 0.05) is 0 Å². The van der Waals surface area contributed by atoms with Gasteiger partial charge in [-0.3, -0.25) is 0 Å². The molecular weight excluding hydrogens is 320 g/mol. The molecule has 1 rings (SSSR count). The van der Waals surface area contributed by atoms with Gasteiger partial charge in [0.05, 0.1) is 17.8 Å². The van der Waals surface area contributed by atoms with Crippen molar-refractivity contribution in [2.75, 3.05) is 6.61 Å². The molecule has 0 unspecified atom stereocenters. The van der Waals surface area contributed by atoms with E-state index in [0.717, 1.165) is 10.2 Å². The minimum absolute atomic E-state index is 0.230. The fraction of sp³-hybridized carbons (Fsp3) is 0.333. The van der Waals surface area contributed by atoms with Crippen LogP contribution in [-0.2, 0) is 4.74 Å². The number of nitrogens with zero attached hydrogens (tertiary/aromatic N) is 2. The first-order valence-corrected chi connectivity index (χ1v) is 6.50. The number of carbonyl (C=O) groups is 1. The zero-order chi connectivity index (χ0) is 13.9. The molecule has 1 aromatic rings. The van der Waals surface area contributed by atoms with Gasteiger partial charge in [-0.15, -0.1) is 0 Å². The highest BCUT2D eigenvalue weighted by molar-refractivity contribution is 9.14. The van der Waals surface area contributed by atoms with Crippen LogP contribution in [0.15, 0.2) is 18.3 Å². The van der Waals surface area contributed by atoms with E-state index in [1.54, 1.807) is 6.92 Å². The van der Waals surface area contributed by atoms with E-state index in [1.165, 1.54) is 10.9 Å². The monoisotopic (exact) mass is 332 g/mol. The number of esters is 1. The van der Waals surface area contributed by atoms with Gasteiger partial charge < -0.3 is 4.74 Å². The zero-order valence-corrected chi connectivity index (χ0v) is 12.8. The first-order valence-electron chi connectivity index (χ1n) is 5.33. The van der Waals surface area contributed by atoms with Crippen LogP contribution < -0.4 is 0 Å². The molecule has 0 spiro atoms. The zero-order valence-electron chi connectivity index (χ0n) is 10.5. The number of aromatic nitrogens is 2. The van der Waals surface area contributed by atoms with Crippen molar-refractivity contribution < 1.29 is 9.53 Å². The molecule has 6 heteroatoms. The van der Waals surface area contributed by atoms with Crippen LogP contribution in [0.5, 0.6) is 0 Å². The van der Waals surface area contributed by atoms with Crippen LogP contribution >= 0.6 is 27.5 Å². The predicted octanol–water partition coefficient (Wildman–Crippen LogP) is 3.87. The quantitative estimate of drug-likeness (QED) is 0.786. The summed E-state index contributed by atoms with van der Waals surface area (Å²) < 4.78 is 7.19. The van der Waals surface area contributed by atoms with Crippen LogP contribution in [0.25, 0.3) is 9.64 Å². The standard InChI is InChI=1S/C12H14BrClN2O2/c1-5-18-12(17)9-6-15-16(10(9)8(4)14)11(13)7(2)3/h6H,4-5H2,1-3H3. The van der Waals surface area contributed by atoms with Gasteiger partial charge in [0.2, 0.25) is 0 Å². The van der Waals surface area contributed by atoms with Crippen LogP contribution in [0, 0.1) is 0 Å². The Labute approximate surface area is 119 Å². The molecule has 0 radical (unpaired) electrons. The summed E-state index contributed by atoms with van der Waals surface area (Å²) in [5.74, 6) is -0.463. The number of rotatable bonds is 4. The maximum Gasteiger partial charge on any atom is 0.342 e. The molecule has 0 saturated carbocycles. The topological polar surface area (TPSA) is 44.1 Å². The van der Waals surface area contributed by atoms with Crippen molar-refractivity contribution in [3.05, 3.63) is 29.6 Å². The number of halogens is 2. The number of allylic oxidation sites excluding steroid dienone is 1. The summed E-state index contributed by atoms with van der Waals surface area (Å²) >= 11 is 9.34. The third kappa shape index (κ3) is 3.03. The van der Waals surface area contributed by atoms with Crippen LogP contribution in [0.1, 0.15) is 36.8 Å². The van der Waals surface area contributed by atoms with Crippen molar-refractivity contribution in [3.8, 4) is 0 Å². The molecule has 0 bridgehead atoms. The van der Waals surface area contributed by atoms with Crippen molar-refractivity contribution >= 4 is 43.1 Å². The summed E-state index contributed by atoms with van der Waals surface area (Å²) in [6.07, 6.45) is 1.42. The molecule has 4 nitrogen and oxygen atoms in total. The Kier molecular flexibility index (Phi) is 5.16. The molecule has 1 heterocycles. The van der Waals surface area contributed by atoms with Gasteiger partial charge in [0.15, 0.2) is 0 Å². The highest BCUT2D eigenvalue weighted by atomic mass is 79.9. The lowest BCUT2D eigenvalue weighted by molar-refractivity contribution is 0.0526. The highest BCUT2D eigenvalue weighted by Gasteiger charge is 2.21. The summed E-state index contributed by atoms with van der Waals surface area (Å²) in [6, 6.07) is 0. The van der Waals surface area contributed by atoms with Crippen LogP contribution in [-0.4, -0.2) is 22.4 Å². The lowest BCUT2D eigenvalue weighted by Gasteiger charge is -2.08. The Hall–Kier alpha value is -1.07. The Morgan fingerprint density at radius 2 is 2.22 bits per heavy atom. The van der Waals surface area contributed by atoms with Gasteiger partial charge in [0.25, 0.3) is 0 Å². The lowest BCUT2D eigenvalue weighted by atomic mass is 10.2. The second-order valence-corrected chi connectivity index (χ2v) is 4.94. The fourth-order valence-corrected chi connectivity index (χ4v) is 1.78. The van der Waals surface area contributed by atoms with Crippen molar-refractivity contribution in [2.24, 2.45) is 0 Å². The molecule has 1 aromatic heterocycles. The first kappa shape index (κ1) is 15.0. The van der Waals surface area contributed by atoms with Crippen LogP contribution in [0.2, 0.25) is 0 Å². The van der Waals surface area contributed by atoms with Crippen molar-refractivity contribution in [3.63, 3.8) is 0 Å². The van der Waals surface area contributed by atoms with Crippen LogP contribution in [0.4, 0.5) is 0 Å². The molecule has 0 aliphatic heterocycles. The molecule has 0 N–H and O–H groups in total. The van der Waals surface area contributed by atoms with E-state index in [2.05, 4.69) is 27.6 Å². The van der Waals surface area contributed by atoms with E-state index < -0.39 is 5.97 Å². The summed E-state index contributed by atoms with van der Waals surface area (Å²) in [5, 5.41) is 4.36. The molecule has 98 valence electrons. The maximum absolute atomic E-state index is 11.8. The minimum Gasteiger partial charge on any atom is -0.462 e. The Balaban J connectivity index is 3.37. The minimum atomic E-state index is -0.463. The third-order valence-corrected chi connectivity index (χ3v) is 3.43. The second kappa shape index (κ2) is 6.20. The highest BCUT2D eigenvalue weighted by Crippen LogP contribution is 2.28. The van der Waals surface area contributed by atoms with E-state index in [1.807, 2.05) is 13.8 Å². The maximum atomic E-state index is 11.8. The average Bonchev–Trinajstić information content (AvgIpc) is 2.72. The van der Waals surface area contributed by atoms with Gasteiger partial charge in [-0.2, -0.15) is 5.10 Å².